The number of para-hydroxylation sites is 1. The third-order valence-electron chi connectivity index (χ3n) is 5.81. The van der Waals surface area contributed by atoms with Crippen LogP contribution in [-0.4, -0.2) is 45.9 Å². The number of aryl methyl sites for hydroxylation is 1. The lowest BCUT2D eigenvalue weighted by Crippen LogP contribution is -2.45. The van der Waals surface area contributed by atoms with Crippen LogP contribution in [0.5, 0.6) is 0 Å². The van der Waals surface area contributed by atoms with E-state index in [4.69, 9.17) is 0 Å². The number of likely N-dealkylation sites (tertiary alicyclic amines) is 1. The van der Waals surface area contributed by atoms with Crippen molar-refractivity contribution in [3.63, 3.8) is 0 Å². The summed E-state index contributed by atoms with van der Waals surface area (Å²) in [5.74, 6) is -1.05. The minimum absolute atomic E-state index is 0.0581. The van der Waals surface area contributed by atoms with Crippen LogP contribution < -0.4 is 10.6 Å². The summed E-state index contributed by atoms with van der Waals surface area (Å²) in [4.78, 5) is 39.8. The highest BCUT2D eigenvalue weighted by Crippen LogP contribution is 2.21. The third-order valence-corrected chi connectivity index (χ3v) is 6.72. The molecule has 0 spiro atoms. The fourth-order valence-electron chi connectivity index (χ4n) is 3.84. The number of rotatable bonds is 7. The van der Waals surface area contributed by atoms with E-state index in [9.17, 15) is 14.4 Å². The zero-order valence-electron chi connectivity index (χ0n) is 19.0. The minimum Gasteiger partial charge on any atom is -0.352 e. The molecule has 8 nitrogen and oxygen atoms in total. The molecule has 176 valence electrons. The number of amides is 3. The predicted molar refractivity (Wildman–Crippen MR) is 131 cm³/mol. The first-order valence-corrected chi connectivity index (χ1v) is 12.2. The van der Waals surface area contributed by atoms with E-state index in [-0.39, 0.29) is 27.7 Å². The van der Waals surface area contributed by atoms with E-state index in [1.54, 1.807) is 17.0 Å². The van der Waals surface area contributed by atoms with Gasteiger partial charge < -0.3 is 15.5 Å². The molecule has 0 radical (unpaired) electrons. The van der Waals surface area contributed by atoms with E-state index in [1.165, 1.54) is 5.56 Å². The van der Waals surface area contributed by atoms with Crippen LogP contribution in [0.25, 0.3) is 0 Å². The van der Waals surface area contributed by atoms with E-state index < -0.39 is 5.91 Å². The summed E-state index contributed by atoms with van der Waals surface area (Å²) in [6, 6.07) is 17.2. The van der Waals surface area contributed by atoms with Gasteiger partial charge in [0.1, 0.15) is 0 Å². The SMILES string of the molecule is CCc1ccc(CNC(=O)[C@@H]2CCCN(C(=O)c3nnc(C(=O)Nc4ccccc4)s3)C2)cc1. The lowest BCUT2D eigenvalue weighted by Gasteiger charge is -2.31. The van der Waals surface area contributed by atoms with Gasteiger partial charge in [0.25, 0.3) is 11.8 Å². The molecule has 3 amide bonds. The van der Waals surface area contributed by atoms with Gasteiger partial charge in [-0.3, -0.25) is 14.4 Å². The minimum atomic E-state index is -0.411. The zero-order valence-corrected chi connectivity index (χ0v) is 19.8. The van der Waals surface area contributed by atoms with E-state index in [1.807, 2.05) is 30.3 Å². The molecule has 4 rings (SSSR count). The molecule has 2 N–H and O–H groups in total. The Balaban J connectivity index is 1.32. The molecule has 3 aromatic rings. The normalized spacial score (nSPS) is 15.6. The number of benzene rings is 2. The van der Waals surface area contributed by atoms with Gasteiger partial charge in [-0.05, 0) is 42.5 Å². The lowest BCUT2D eigenvalue weighted by molar-refractivity contribution is -0.126. The van der Waals surface area contributed by atoms with Crippen LogP contribution in [0.4, 0.5) is 5.69 Å². The topological polar surface area (TPSA) is 104 Å². The van der Waals surface area contributed by atoms with Crippen molar-refractivity contribution >= 4 is 34.7 Å². The largest absolute Gasteiger partial charge is 0.352 e. The van der Waals surface area contributed by atoms with Gasteiger partial charge in [-0.15, -0.1) is 10.2 Å². The summed E-state index contributed by atoms with van der Waals surface area (Å²) >= 11 is 0.956. The number of nitrogens with one attached hydrogen (secondary N) is 2. The molecule has 0 unspecified atom stereocenters. The van der Waals surface area contributed by atoms with Gasteiger partial charge in [0.15, 0.2) is 0 Å². The van der Waals surface area contributed by atoms with Gasteiger partial charge in [-0.25, -0.2) is 0 Å². The second kappa shape index (κ2) is 11.0. The van der Waals surface area contributed by atoms with Crippen molar-refractivity contribution in [2.45, 2.75) is 32.7 Å². The summed E-state index contributed by atoms with van der Waals surface area (Å²) in [6.45, 7) is 3.44. The first kappa shape index (κ1) is 23.6. The van der Waals surface area contributed by atoms with Crippen molar-refractivity contribution in [1.82, 2.24) is 20.4 Å². The average Bonchev–Trinajstić information content (AvgIpc) is 3.38. The predicted octanol–water partition coefficient (Wildman–Crippen LogP) is 3.52. The van der Waals surface area contributed by atoms with E-state index in [0.29, 0.717) is 25.3 Å². The summed E-state index contributed by atoms with van der Waals surface area (Å²) in [6.07, 6.45) is 2.44. The maximum Gasteiger partial charge on any atom is 0.286 e. The standard InChI is InChI=1S/C25H27N5O3S/c1-2-17-10-12-18(13-11-17)15-26-21(31)19-7-6-14-30(16-19)25(33)24-29-28-23(34-24)22(32)27-20-8-4-3-5-9-20/h3-5,8-13,19H,2,6-7,14-16H2,1H3,(H,26,31)(H,27,32)/t19-/m1/s1. The highest BCUT2D eigenvalue weighted by molar-refractivity contribution is 7.15. The molecule has 0 saturated carbocycles. The van der Waals surface area contributed by atoms with Crippen molar-refractivity contribution in [2.24, 2.45) is 5.92 Å². The molecule has 9 heteroatoms. The third kappa shape index (κ3) is 5.85. The van der Waals surface area contributed by atoms with Gasteiger partial charge in [-0.1, -0.05) is 60.7 Å². The second-order valence-corrected chi connectivity index (χ2v) is 9.19. The number of carbonyl (C=O) groups is 3. The van der Waals surface area contributed by atoms with Gasteiger partial charge in [-0.2, -0.15) is 0 Å². The van der Waals surface area contributed by atoms with Crippen molar-refractivity contribution in [1.29, 1.82) is 0 Å². The molecular weight excluding hydrogens is 450 g/mol. The van der Waals surface area contributed by atoms with Crippen molar-refractivity contribution < 1.29 is 14.4 Å². The molecule has 1 fully saturated rings. The van der Waals surface area contributed by atoms with Crippen LogP contribution in [0.15, 0.2) is 54.6 Å². The number of piperidine rings is 1. The smallest absolute Gasteiger partial charge is 0.286 e. The highest BCUT2D eigenvalue weighted by Gasteiger charge is 2.30. The number of hydrogen-bond donors (Lipinski definition) is 2. The van der Waals surface area contributed by atoms with Gasteiger partial charge >= 0.3 is 0 Å². The van der Waals surface area contributed by atoms with Crippen LogP contribution in [0, 0.1) is 5.92 Å². The highest BCUT2D eigenvalue weighted by atomic mass is 32.1. The quantitative estimate of drug-likeness (QED) is 0.542. The molecule has 1 aliphatic heterocycles. The van der Waals surface area contributed by atoms with Gasteiger partial charge in [0, 0.05) is 25.3 Å². The van der Waals surface area contributed by atoms with E-state index in [2.05, 4.69) is 39.9 Å². The van der Waals surface area contributed by atoms with Crippen molar-refractivity contribution in [3.05, 3.63) is 75.7 Å². The van der Waals surface area contributed by atoms with Crippen LogP contribution in [0.2, 0.25) is 0 Å². The number of nitrogens with zero attached hydrogens (tertiary/aromatic N) is 3. The average molecular weight is 478 g/mol. The second-order valence-electron chi connectivity index (χ2n) is 8.21. The summed E-state index contributed by atoms with van der Waals surface area (Å²) < 4.78 is 0. The Morgan fingerprint density at radius 1 is 1.00 bits per heavy atom. The number of hydrogen-bond acceptors (Lipinski definition) is 6. The monoisotopic (exact) mass is 477 g/mol. The molecule has 34 heavy (non-hydrogen) atoms. The Morgan fingerprint density at radius 3 is 2.44 bits per heavy atom. The Morgan fingerprint density at radius 2 is 1.71 bits per heavy atom. The molecular formula is C25H27N5O3S. The first-order chi connectivity index (χ1) is 16.5. The Bertz CT molecular complexity index is 1150. The number of carbonyl (C=O) groups excluding carboxylic acids is 3. The first-order valence-electron chi connectivity index (χ1n) is 11.4. The Labute approximate surface area is 202 Å². The van der Waals surface area contributed by atoms with Crippen molar-refractivity contribution in [3.8, 4) is 0 Å². The fraction of sp³-hybridized carbons (Fsp3) is 0.320. The molecule has 2 aromatic carbocycles. The van der Waals surface area contributed by atoms with Crippen LogP contribution in [-0.2, 0) is 17.8 Å². The molecule has 1 aromatic heterocycles. The molecule has 1 saturated heterocycles. The molecule has 0 bridgehead atoms. The molecule has 1 atom stereocenters. The number of anilines is 1. The van der Waals surface area contributed by atoms with Gasteiger partial charge in [0.2, 0.25) is 15.9 Å². The molecule has 0 aliphatic carbocycles. The van der Waals surface area contributed by atoms with Crippen LogP contribution in [0.1, 0.15) is 50.5 Å². The zero-order chi connectivity index (χ0) is 23.9. The van der Waals surface area contributed by atoms with E-state index in [0.717, 1.165) is 36.2 Å². The van der Waals surface area contributed by atoms with E-state index >= 15 is 0 Å². The Hall–Kier alpha value is -3.59. The Kier molecular flexibility index (Phi) is 7.64. The lowest BCUT2D eigenvalue weighted by atomic mass is 9.97. The van der Waals surface area contributed by atoms with Crippen LogP contribution >= 0.6 is 11.3 Å². The van der Waals surface area contributed by atoms with Crippen molar-refractivity contribution in [2.75, 3.05) is 18.4 Å². The summed E-state index contributed by atoms with van der Waals surface area (Å²) in [7, 11) is 0. The van der Waals surface area contributed by atoms with Gasteiger partial charge in [0.05, 0.1) is 5.92 Å². The summed E-state index contributed by atoms with van der Waals surface area (Å²) in [5, 5.41) is 13.8. The number of aromatic nitrogens is 2. The summed E-state index contributed by atoms with van der Waals surface area (Å²) in [5.41, 5.74) is 2.94. The molecule has 2 heterocycles. The maximum atomic E-state index is 13.0. The molecule has 1 aliphatic rings. The van der Waals surface area contributed by atoms with Crippen LogP contribution in [0.3, 0.4) is 0 Å². The maximum absolute atomic E-state index is 13.0. The fourth-order valence-corrected chi connectivity index (χ4v) is 4.55.